The lowest BCUT2D eigenvalue weighted by Gasteiger charge is -2.39. The second-order valence-corrected chi connectivity index (χ2v) is 7.46. The smallest absolute Gasteiger partial charge is 0.303 e. The molecular formula is C20H38O9. The highest BCUT2D eigenvalue weighted by Gasteiger charge is 2.44. The van der Waals surface area contributed by atoms with Crippen molar-refractivity contribution >= 4 is 5.97 Å². The fourth-order valence-corrected chi connectivity index (χ4v) is 3.13. The highest BCUT2D eigenvalue weighted by Crippen LogP contribution is 2.22. The van der Waals surface area contributed by atoms with Crippen LogP contribution < -0.4 is 0 Å². The number of aliphatic hydroxyl groups excluding tert-OH is 4. The van der Waals surface area contributed by atoms with Crippen molar-refractivity contribution < 1.29 is 44.2 Å². The van der Waals surface area contributed by atoms with E-state index in [9.17, 15) is 25.2 Å². The van der Waals surface area contributed by atoms with Crippen LogP contribution in [-0.2, 0) is 23.7 Å². The SMILES string of the molecule is CCCCCCCCCOCC(COC1OC(CO)C(O)C(O)C1O)OC(C)=O. The summed E-state index contributed by atoms with van der Waals surface area (Å²) in [4.78, 5) is 11.3. The summed E-state index contributed by atoms with van der Waals surface area (Å²) in [7, 11) is 0. The van der Waals surface area contributed by atoms with E-state index < -0.39 is 49.4 Å². The number of rotatable bonds is 15. The maximum absolute atomic E-state index is 11.3. The Hall–Kier alpha value is -0.810. The van der Waals surface area contributed by atoms with E-state index in [-0.39, 0.29) is 13.2 Å². The van der Waals surface area contributed by atoms with Crippen molar-refractivity contribution in [2.75, 3.05) is 26.4 Å². The minimum absolute atomic E-state index is 0.126. The van der Waals surface area contributed by atoms with Gasteiger partial charge in [0.2, 0.25) is 0 Å². The molecule has 0 radical (unpaired) electrons. The van der Waals surface area contributed by atoms with E-state index in [1.807, 2.05) is 0 Å². The molecule has 1 aliphatic heterocycles. The average molecular weight is 423 g/mol. The summed E-state index contributed by atoms with van der Waals surface area (Å²) in [5.74, 6) is -0.494. The number of unbranched alkanes of at least 4 members (excludes halogenated alkanes) is 6. The molecule has 0 amide bonds. The predicted molar refractivity (Wildman–Crippen MR) is 104 cm³/mol. The molecule has 9 heteroatoms. The molecule has 4 N–H and O–H groups in total. The summed E-state index contributed by atoms with van der Waals surface area (Å²) in [5, 5.41) is 38.8. The van der Waals surface area contributed by atoms with E-state index in [0.717, 1.165) is 12.8 Å². The third-order valence-corrected chi connectivity index (χ3v) is 4.82. The van der Waals surface area contributed by atoms with Crippen LogP contribution in [0.4, 0.5) is 0 Å². The molecule has 1 rings (SSSR count). The fourth-order valence-electron chi connectivity index (χ4n) is 3.13. The van der Waals surface area contributed by atoms with Crippen molar-refractivity contribution in [2.24, 2.45) is 0 Å². The first-order chi connectivity index (χ1) is 13.9. The van der Waals surface area contributed by atoms with E-state index in [1.165, 1.54) is 39.0 Å². The molecule has 1 fully saturated rings. The molecule has 1 aliphatic rings. The zero-order valence-electron chi connectivity index (χ0n) is 17.6. The number of hydrogen-bond acceptors (Lipinski definition) is 9. The second-order valence-electron chi connectivity index (χ2n) is 7.46. The van der Waals surface area contributed by atoms with Gasteiger partial charge in [-0.2, -0.15) is 0 Å². The maximum Gasteiger partial charge on any atom is 0.303 e. The number of hydrogen-bond donors (Lipinski definition) is 4. The van der Waals surface area contributed by atoms with Crippen molar-refractivity contribution in [3.63, 3.8) is 0 Å². The zero-order valence-corrected chi connectivity index (χ0v) is 17.6. The lowest BCUT2D eigenvalue weighted by molar-refractivity contribution is -0.305. The summed E-state index contributed by atoms with van der Waals surface area (Å²) in [5.41, 5.74) is 0. The van der Waals surface area contributed by atoms with Gasteiger partial charge in [0.25, 0.3) is 0 Å². The van der Waals surface area contributed by atoms with Gasteiger partial charge in [0, 0.05) is 13.5 Å². The molecule has 0 aromatic heterocycles. The summed E-state index contributed by atoms with van der Waals surface area (Å²) < 4.78 is 21.4. The van der Waals surface area contributed by atoms with Gasteiger partial charge in [-0.3, -0.25) is 4.79 Å². The van der Waals surface area contributed by atoms with Crippen LogP contribution in [0.1, 0.15) is 58.8 Å². The Morgan fingerprint density at radius 2 is 1.62 bits per heavy atom. The summed E-state index contributed by atoms with van der Waals surface area (Å²) >= 11 is 0. The first kappa shape index (κ1) is 26.2. The summed E-state index contributed by atoms with van der Waals surface area (Å²) in [6.07, 6.45) is 0.678. The highest BCUT2D eigenvalue weighted by molar-refractivity contribution is 5.66. The second kappa shape index (κ2) is 15.1. The van der Waals surface area contributed by atoms with Gasteiger partial charge in [0.15, 0.2) is 6.29 Å². The molecular weight excluding hydrogens is 384 g/mol. The molecule has 0 aromatic rings. The molecule has 29 heavy (non-hydrogen) atoms. The lowest BCUT2D eigenvalue weighted by atomic mass is 9.99. The topological polar surface area (TPSA) is 135 Å². The zero-order chi connectivity index (χ0) is 21.6. The van der Waals surface area contributed by atoms with Crippen molar-refractivity contribution in [1.82, 2.24) is 0 Å². The van der Waals surface area contributed by atoms with Crippen LogP contribution in [0.5, 0.6) is 0 Å². The van der Waals surface area contributed by atoms with Gasteiger partial charge in [-0.25, -0.2) is 0 Å². The Balaban J connectivity index is 2.33. The van der Waals surface area contributed by atoms with E-state index in [4.69, 9.17) is 18.9 Å². The highest BCUT2D eigenvalue weighted by atomic mass is 16.7. The molecule has 0 spiro atoms. The van der Waals surface area contributed by atoms with Gasteiger partial charge in [-0.15, -0.1) is 0 Å². The van der Waals surface area contributed by atoms with Crippen molar-refractivity contribution in [1.29, 1.82) is 0 Å². The van der Waals surface area contributed by atoms with Crippen molar-refractivity contribution in [3.05, 3.63) is 0 Å². The number of carbonyl (C=O) groups is 1. The molecule has 0 saturated carbocycles. The van der Waals surface area contributed by atoms with Crippen LogP contribution in [0.3, 0.4) is 0 Å². The fraction of sp³-hybridized carbons (Fsp3) is 0.950. The Kier molecular flexibility index (Phi) is 13.6. The molecule has 1 saturated heterocycles. The van der Waals surface area contributed by atoms with Crippen molar-refractivity contribution in [3.8, 4) is 0 Å². The number of carbonyl (C=O) groups excluding carboxylic acids is 1. The van der Waals surface area contributed by atoms with Gasteiger partial charge < -0.3 is 39.4 Å². The minimum Gasteiger partial charge on any atom is -0.458 e. The lowest BCUT2D eigenvalue weighted by Crippen LogP contribution is -2.59. The quantitative estimate of drug-likeness (QED) is 0.220. The molecule has 6 unspecified atom stereocenters. The third kappa shape index (κ3) is 10.2. The van der Waals surface area contributed by atoms with Crippen LogP contribution in [0.25, 0.3) is 0 Å². The molecule has 9 nitrogen and oxygen atoms in total. The minimum atomic E-state index is -1.52. The van der Waals surface area contributed by atoms with Crippen LogP contribution >= 0.6 is 0 Å². The number of aliphatic hydroxyl groups is 4. The summed E-state index contributed by atoms with van der Waals surface area (Å²) in [6, 6.07) is 0. The number of ether oxygens (including phenoxy) is 4. The van der Waals surface area contributed by atoms with Crippen LogP contribution in [-0.4, -0.2) is 89.6 Å². The van der Waals surface area contributed by atoms with Gasteiger partial charge in [0.05, 0.1) is 19.8 Å². The first-order valence-electron chi connectivity index (χ1n) is 10.6. The van der Waals surface area contributed by atoms with Crippen LogP contribution in [0.15, 0.2) is 0 Å². The Bertz CT molecular complexity index is 432. The maximum atomic E-state index is 11.3. The Morgan fingerprint density at radius 1 is 0.966 bits per heavy atom. The normalized spacial score (nSPS) is 28.3. The Labute approximate surface area is 172 Å². The third-order valence-electron chi connectivity index (χ3n) is 4.82. The Morgan fingerprint density at radius 3 is 2.24 bits per heavy atom. The molecule has 6 atom stereocenters. The molecule has 0 aliphatic carbocycles. The van der Waals surface area contributed by atoms with Crippen LogP contribution in [0.2, 0.25) is 0 Å². The molecule has 0 bridgehead atoms. The molecule has 0 aromatic carbocycles. The monoisotopic (exact) mass is 422 g/mol. The van der Waals surface area contributed by atoms with Gasteiger partial charge in [0.1, 0.15) is 30.5 Å². The van der Waals surface area contributed by atoms with E-state index >= 15 is 0 Å². The van der Waals surface area contributed by atoms with Crippen LogP contribution in [0, 0.1) is 0 Å². The average Bonchev–Trinajstić information content (AvgIpc) is 2.69. The van der Waals surface area contributed by atoms with Gasteiger partial charge in [-0.1, -0.05) is 45.4 Å². The van der Waals surface area contributed by atoms with Crippen molar-refractivity contribution in [2.45, 2.75) is 95.6 Å². The standard InChI is InChI=1S/C20H38O9/c1-3-4-5-6-7-8-9-10-26-12-15(28-14(2)22)13-27-20-19(25)18(24)17(23)16(11-21)29-20/h15-21,23-25H,3-13H2,1-2H3. The van der Waals surface area contributed by atoms with E-state index in [0.29, 0.717) is 6.61 Å². The van der Waals surface area contributed by atoms with Gasteiger partial charge >= 0.3 is 5.97 Å². The molecule has 1 heterocycles. The van der Waals surface area contributed by atoms with E-state index in [2.05, 4.69) is 6.92 Å². The molecule has 172 valence electrons. The van der Waals surface area contributed by atoms with Gasteiger partial charge in [-0.05, 0) is 6.42 Å². The first-order valence-corrected chi connectivity index (χ1v) is 10.6. The largest absolute Gasteiger partial charge is 0.458 e. The predicted octanol–water partition coefficient (Wildman–Crippen LogP) is 0.502. The number of esters is 1. The summed E-state index contributed by atoms with van der Waals surface area (Å²) in [6.45, 7) is 3.48. The van der Waals surface area contributed by atoms with E-state index in [1.54, 1.807) is 0 Å².